The van der Waals surface area contributed by atoms with E-state index in [1.807, 2.05) is 0 Å². The van der Waals surface area contributed by atoms with E-state index >= 15 is 0 Å². The van der Waals surface area contributed by atoms with Crippen LogP contribution in [0.5, 0.6) is 28.7 Å². The standard InChI is InChI=1S/C29H25NO12/c1-8-5-11-16(23(34)14(8)28(38)30-9(2)29(39)40)17-19(26(37)22(11)33)27(42-4)20-18(25(17)36)21(32)12-6-10(41-3)7-13(31)15(12)24(20)35/h5-7,9,22,26,31,33-34,36-37H,1-4H3,(H,30,38)(H,39,40)/t9-,22?,26?/m1/s1. The number of phenolic OH excluding ortho intramolecular Hbond substituents is 3. The number of benzene rings is 3. The van der Waals surface area contributed by atoms with Crippen molar-refractivity contribution >= 4 is 23.4 Å². The minimum Gasteiger partial charge on any atom is -0.507 e. The molecule has 218 valence electrons. The number of hydrogen-bond donors (Lipinski definition) is 7. The fourth-order valence-corrected chi connectivity index (χ4v) is 5.58. The molecule has 0 saturated carbocycles. The van der Waals surface area contributed by atoms with Crippen molar-refractivity contribution in [1.29, 1.82) is 0 Å². The molecule has 0 spiro atoms. The Kier molecular flexibility index (Phi) is 6.59. The molecule has 42 heavy (non-hydrogen) atoms. The van der Waals surface area contributed by atoms with Crippen molar-refractivity contribution in [3.05, 3.63) is 62.7 Å². The van der Waals surface area contributed by atoms with Crippen molar-refractivity contribution < 1.29 is 59.3 Å². The van der Waals surface area contributed by atoms with E-state index in [2.05, 4.69) is 5.32 Å². The lowest BCUT2D eigenvalue weighted by molar-refractivity contribution is -0.138. The Morgan fingerprint density at radius 1 is 0.857 bits per heavy atom. The molecule has 5 rings (SSSR count). The third-order valence-corrected chi connectivity index (χ3v) is 7.56. The lowest BCUT2D eigenvalue weighted by atomic mass is 9.73. The van der Waals surface area contributed by atoms with Crippen molar-refractivity contribution in [1.82, 2.24) is 5.32 Å². The number of aliphatic hydroxyl groups is 2. The van der Waals surface area contributed by atoms with E-state index in [1.165, 1.54) is 33.1 Å². The highest BCUT2D eigenvalue weighted by Gasteiger charge is 2.46. The Hall–Kier alpha value is -5.14. The third-order valence-electron chi connectivity index (χ3n) is 7.56. The lowest BCUT2D eigenvalue weighted by Crippen LogP contribution is -2.38. The molecule has 3 aromatic carbocycles. The van der Waals surface area contributed by atoms with E-state index in [0.29, 0.717) is 0 Å². The number of aliphatic carboxylic acids is 1. The zero-order valence-electron chi connectivity index (χ0n) is 22.6. The van der Waals surface area contributed by atoms with Crippen LogP contribution < -0.4 is 14.8 Å². The minimum absolute atomic E-state index is 0.0449. The molecule has 0 fully saturated rings. The Labute approximate surface area is 237 Å². The number of rotatable bonds is 5. The van der Waals surface area contributed by atoms with Crippen LogP contribution in [0.4, 0.5) is 0 Å². The molecule has 2 unspecified atom stereocenters. The van der Waals surface area contributed by atoms with Crippen molar-refractivity contribution in [3.63, 3.8) is 0 Å². The van der Waals surface area contributed by atoms with Crippen LogP contribution in [-0.4, -0.2) is 74.3 Å². The maximum absolute atomic E-state index is 13.8. The number of ether oxygens (including phenoxy) is 2. The number of carbonyl (C=O) groups is 4. The summed E-state index contributed by atoms with van der Waals surface area (Å²) in [5.41, 5.74) is -3.30. The number of amides is 1. The van der Waals surface area contributed by atoms with Gasteiger partial charge < -0.3 is 45.4 Å². The first-order chi connectivity index (χ1) is 19.8. The highest BCUT2D eigenvalue weighted by atomic mass is 16.5. The fourth-order valence-electron chi connectivity index (χ4n) is 5.58. The first-order valence-corrected chi connectivity index (χ1v) is 12.5. The van der Waals surface area contributed by atoms with Gasteiger partial charge in [0.2, 0.25) is 5.78 Å². The number of aliphatic hydroxyl groups excluding tert-OH is 2. The van der Waals surface area contributed by atoms with Gasteiger partial charge in [0.15, 0.2) is 5.78 Å². The molecule has 0 aromatic heterocycles. The predicted molar refractivity (Wildman–Crippen MR) is 143 cm³/mol. The number of ketones is 2. The Bertz CT molecular complexity index is 1760. The van der Waals surface area contributed by atoms with Crippen molar-refractivity contribution in [3.8, 4) is 39.9 Å². The molecule has 0 bridgehead atoms. The monoisotopic (exact) mass is 579 g/mol. The van der Waals surface area contributed by atoms with Gasteiger partial charge in [0, 0.05) is 28.3 Å². The Morgan fingerprint density at radius 2 is 1.52 bits per heavy atom. The fraction of sp³-hybridized carbons (Fsp3) is 0.241. The molecule has 0 aliphatic heterocycles. The van der Waals surface area contributed by atoms with E-state index in [9.17, 15) is 49.8 Å². The molecule has 0 saturated heterocycles. The van der Waals surface area contributed by atoms with Crippen LogP contribution in [0.25, 0.3) is 11.1 Å². The number of aryl methyl sites for hydroxylation is 1. The quantitative estimate of drug-likeness (QED) is 0.180. The van der Waals surface area contributed by atoms with Crippen molar-refractivity contribution in [2.75, 3.05) is 14.2 Å². The van der Waals surface area contributed by atoms with Crippen LogP contribution in [0, 0.1) is 6.92 Å². The maximum atomic E-state index is 13.8. The summed E-state index contributed by atoms with van der Waals surface area (Å²) < 4.78 is 10.5. The van der Waals surface area contributed by atoms with Crippen LogP contribution in [0.2, 0.25) is 0 Å². The third kappa shape index (κ3) is 3.78. The number of carbonyl (C=O) groups excluding carboxylic acids is 3. The van der Waals surface area contributed by atoms with Crippen LogP contribution in [0.3, 0.4) is 0 Å². The molecule has 0 radical (unpaired) electrons. The van der Waals surface area contributed by atoms with Gasteiger partial charge in [-0.1, -0.05) is 6.07 Å². The predicted octanol–water partition coefficient (Wildman–Crippen LogP) is 1.85. The lowest BCUT2D eigenvalue weighted by Gasteiger charge is -2.34. The summed E-state index contributed by atoms with van der Waals surface area (Å²) in [6.07, 6.45) is -3.62. The summed E-state index contributed by atoms with van der Waals surface area (Å²) in [4.78, 5) is 51.8. The topological polar surface area (TPSA) is 220 Å². The molecule has 1 amide bonds. The molecular weight excluding hydrogens is 554 g/mol. The van der Waals surface area contributed by atoms with E-state index < -0.39 is 92.5 Å². The average molecular weight is 580 g/mol. The SMILES string of the molecule is COc1cc(O)c2c(c1)C(=O)c1c(O)c3c(c(OC)c1C2=O)C(O)C(O)c1cc(C)c(C(=O)N[C@H](C)C(=O)O)c(O)c1-3. The van der Waals surface area contributed by atoms with E-state index in [1.54, 1.807) is 0 Å². The second-order valence-electron chi connectivity index (χ2n) is 9.95. The number of carboxylic acids is 1. The van der Waals surface area contributed by atoms with Gasteiger partial charge in [-0.25, -0.2) is 0 Å². The summed E-state index contributed by atoms with van der Waals surface area (Å²) in [5, 5.41) is 67.3. The second-order valence-corrected chi connectivity index (χ2v) is 9.95. The van der Waals surface area contributed by atoms with Crippen LogP contribution >= 0.6 is 0 Å². The number of nitrogens with one attached hydrogen (secondary N) is 1. The van der Waals surface area contributed by atoms with Gasteiger partial charge >= 0.3 is 5.97 Å². The summed E-state index contributed by atoms with van der Waals surface area (Å²) in [6, 6.07) is 2.24. The first-order valence-electron chi connectivity index (χ1n) is 12.5. The summed E-state index contributed by atoms with van der Waals surface area (Å²) in [6.45, 7) is 2.61. The molecule has 13 heteroatoms. The molecule has 13 nitrogen and oxygen atoms in total. The number of phenols is 3. The van der Waals surface area contributed by atoms with Gasteiger partial charge in [-0.15, -0.1) is 0 Å². The van der Waals surface area contributed by atoms with Gasteiger partial charge in [-0.2, -0.15) is 0 Å². The summed E-state index contributed by atoms with van der Waals surface area (Å²) in [5.74, 6) is -6.81. The summed E-state index contributed by atoms with van der Waals surface area (Å²) >= 11 is 0. The van der Waals surface area contributed by atoms with E-state index in [0.717, 1.165) is 13.2 Å². The number of methoxy groups -OCH3 is 2. The molecule has 0 heterocycles. The van der Waals surface area contributed by atoms with Crippen LogP contribution in [0.15, 0.2) is 18.2 Å². The largest absolute Gasteiger partial charge is 0.507 e. The first kappa shape index (κ1) is 28.4. The zero-order valence-corrected chi connectivity index (χ0v) is 22.6. The highest BCUT2D eigenvalue weighted by Crippen LogP contribution is 2.58. The van der Waals surface area contributed by atoms with Gasteiger partial charge in [0.05, 0.1) is 36.5 Å². The summed E-state index contributed by atoms with van der Waals surface area (Å²) in [7, 11) is 2.39. The average Bonchev–Trinajstić information content (AvgIpc) is 2.93. The molecule has 2 aliphatic rings. The van der Waals surface area contributed by atoms with E-state index in [4.69, 9.17) is 9.47 Å². The number of fused-ring (bicyclic) bond motifs is 5. The molecule has 3 atom stereocenters. The Balaban J connectivity index is 1.86. The smallest absolute Gasteiger partial charge is 0.325 e. The normalized spacial score (nSPS) is 17.4. The van der Waals surface area contributed by atoms with Gasteiger partial charge in [-0.05, 0) is 31.0 Å². The number of hydrogen-bond acceptors (Lipinski definition) is 11. The number of carboxylic acid groups (broad SMARTS) is 1. The maximum Gasteiger partial charge on any atom is 0.325 e. The number of aromatic hydroxyl groups is 3. The Morgan fingerprint density at radius 3 is 2.12 bits per heavy atom. The second kappa shape index (κ2) is 9.75. The van der Waals surface area contributed by atoms with Gasteiger partial charge in [0.25, 0.3) is 5.91 Å². The highest BCUT2D eigenvalue weighted by molar-refractivity contribution is 6.32. The molecule has 2 aliphatic carbocycles. The van der Waals surface area contributed by atoms with Crippen molar-refractivity contribution in [2.45, 2.75) is 32.1 Å². The van der Waals surface area contributed by atoms with Crippen LogP contribution in [0.1, 0.15) is 78.0 Å². The van der Waals surface area contributed by atoms with Crippen LogP contribution in [-0.2, 0) is 4.79 Å². The van der Waals surface area contributed by atoms with Gasteiger partial charge in [-0.3, -0.25) is 19.2 Å². The molecular formula is C29H25NO12. The minimum atomic E-state index is -1.85. The zero-order chi connectivity index (χ0) is 30.9. The van der Waals surface area contributed by atoms with Crippen molar-refractivity contribution in [2.24, 2.45) is 0 Å². The van der Waals surface area contributed by atoms with E-state index in [-0.39, 0.29) is 33.6 Å². The molecule has 3 aromatic rings. The van der Waals surface area contributed by atoms with Gasteiger partial charge in [0.1, 0.15) is 47.0 Å². The molecule has 7 N–H and O–H groups in total.